The smallest absolute Gasteiger partial charge is 0.288 e. The Bertz CT molecular complexity index is 675. The highest BCUT2D eigenvalue weighted by Gasteiger charge is 2.13. The number of methoxy groups -OCH3 is 1. The first-order valence-corrected chi connectivity index (χ1v) is 8.21. The van der Waals surface area contributed by atoms with Gasteiger partial charge in [-0.3, -0.25) is 4.90 Å². The highest BCUT2D eigenvalue weighted by molar-refractivity contribution is 7.71. The zero-order chi connectivity index (χ0) is 16.1. The maximum Gasteiger partial charge on any atom is 0.288 e. The number of aromatic nitrogens is 2. The Morgan fingerprint density at radius 1 is 1.13 bits per heavy atom. The van der Waals surface area contributed by atoms with Crippen LogP contribution in [-0.2, 0) is 13.3 Å². The lowest BCUT2D eigenvalue weighted by atomic mass is 10.1. The van der Waals surface area contributed by atoms with Crippen LogP contribution in [0, 0.1) is 4.84 Å². The Labute approximate surface area is 140 Å². The van der Waals surface area contributed by atoms with Crippen molar-refractivity contribution < 1.29 is 13.9 Å². The molecule has 1 saturated heterocycles. The van der Waals surface area contributed by atoms with Gasteiger partial charge in [-0.25, -0.2) is 4.68 Å². The standard InChI is InChI=1S/C16H21N3O3S/c1-20-13-5-7-14(8-6-13)21-11-15-17-19(16(23)22-15)12-18-9-3-2-4-10-18/h5-8H,2-4,9-12H2,1H3. The van der Waals surface area contributed by atoms with Crippen molar-refractivity contribution in [3.8, 4) is 11.5 Å². The maximum absolute atomic E-state index is 5.66. The summed E-state index contributed by atoms with van der Waals surface area (Å²) in [6.07, 6.45) is 3.78. The summed E-state index contributed by atoms with van der Waals surface area (Å²) in [5.41, 5.74) is 0. The summed E-state index contributed by atoms with van der Waals surface area (Å²) in [7, 11) is 1.63. The van der Waals surface area contributed by atoms with Crippen LogP contribution in [0.5, 0.6) is 11.5 Å². The second-order valence-electron chi connectivity index (χ2n) is 5.55. The Morgan fingerprint density at radius 2 is 1.83 bits per heavy atom. The quantitative estimate of drug-likeness (QED) is 0.756. The van der Waals surface area contributed by atoms with Crippen LogP contribution in [-0.4, -0.2) is 34.9 Å². The number of hydrogen-bond acceptors (Lipinski definition) is 6. The molecule has 1 aliphatic heterocycles. The molecule has 3 rings (SSSR count). The third-order valence-corrected chi connectivity index (χ3v) is 4.15. The van der Waals surface area contributed by atoms with Crippen molar-refractivity contribution in [1.29, 1.82) is 0 Å². The molecule has 0 saturated carbocycles. The minimum atomic E-state index is 0.253. The highest BCUT2D eigenvalue weighted by atomic mass is 32.1. The van der Waals surface area contributed by atoms with Gasteiger partial charge >= 0.3 is 0 Å². The van der Waals surface area contributed by atoms with E-state index < -0.39 is 0 Å². The number of hydrogen-bond donors (Lipinski definition) is 0. The van der Waals surface area contributed by atoms with Gasteiger partial charge in [-0.1, -0.05) is 6.42 Å². The van der Waals surface area contributed by atoms with Crippen molar-refractivity contribution in [3.63, 3.8) is 0 Å². The van der Waals surface area contributed by atoms with E-state index in [0.29, 0.717) is 17.4 Å². The van der Waals surface area contributed by atoms with Crippen LogP contribution < -0.4 is 9.47 Å². The van der Waals surface area contributed by atoms with E-state index in [9.17, 15) is 0 Å². The van der Waals surface area contributed by atoms with Gasteiger partial charge < -0.3 is 13.9 Å². The van der Waals surface area contributed by atoms with E-state index in [0.717, 1.165) is 24.6 Å². The second-order valence-corrected chi connectivity index (χ2v) is 5.89. The van der Waals surface area contributed by atoms with Gasteiger partial charge in [0.2, 0.25) is 0 Å². The number of nitrogens with zero attached hydrogens (tertiary/aromatic N) is 3. The minimum absolute atomic E-state index is 0.253. The van der Waals surface area contributed by atoms with Crippen LogP contribution in [0.4, 0.5) is 0 Å². The predicted molar refractivity (Wildman–Crippen MR) is 88.1 cm³/mol. The van der Waals surface area contributed by atoms with Gasteiger partial charge in [0.25, 0.3) is 10.7 Å². The van der Waals surface area contributed by atoms with E-state index in [-0.39, 0.29) is 6.61 Å². The van der Waals surface area contributed by atoms with Crippen LogP contribution in [0.25, 0.3) is 0 Å². The number of likely N-dealkylation sites (tertiary alicyclic amines) is 1. The normalized spacial score (nSPS) is 15.5. The van der Waals surface area contributed by atoms with Gasteiger partial charge in [0.05, 0.1) is 13.8 Å². The molecule has 1 aromatic carbocycles. The van der Waals surface area contributed by atoms with Gasteiger partial charge in [0.1, 0.15) is 11.5 Å². The summed E-state index contributed by atoms with van der Waals surface area (Å²) < 4.78 is 18.0. The Kier molecular flexibility index (Phi) is 5.30. The Morgan fingerprint density at radius 3 is 2.52 bits per heavy atom. The molecule has 7 heteroatoms. The average Bonchev–Trinajstić information content (AvgIpc) is 2.94. The molecule has 0 radical (unpaired) electrons. The van der Waals surface area contributed by atoms with Crippen molar-refractivity contribution in [2.45, 2.75) is 32.5 Å². The number of ether oxygens (including phenoxy) is 2. The molecule has 1 aliphatic rings. The predicted octanol–water partition coefficient (Wildman–Crippen LogP) is 3.24. The third kappa shape index (κ3) is 4.33. The molecule has 1 aromatic heterocycles. The molecular weight excluding hydrogens is 314 g/mol. The van der Waals surface area contributed by atoms with E-state index in [1.165, 1.54) is 19.3 Å². The molecule has 2 heterocycles. The summed E-state index contributed by atoms with van der Waals surface area (Å²) in [4.78, 5) is 2.74. The first-order valence-electron chi connectivity index (χ1n) is 7.80. The molecule has 0 aliphatic carbocycles. The second kappa shape index (κ2) is 7.61. The molecule has 0 bridgehead atoms. The summed E-state index contributed by atoms with van der Waals surface area (Å²) in [6, 6.07) is 7.39. The molecule has 1 fully saturated rings. The molecule has 0 amide bonds. The molecule has 6 nitrogen and oxygen atoms in total. The summed E-state index contributed by atoms with van der Waals surface area (Å²) in [5, 5.41) is 4.41. The van der Waals surface area contributed by atoms with Crippen LogP contribution >= 0.6 is 12.2 Å². The zero-order valence-corrected chi connectivity index (χ0v) is 14.1. The highest BCUT2D eigenvalue weighted by Crippen LogP contribution is 2.18. The van der Waals surface area contributed by atoms with Gasteiger partial charge in [-0.15, -0.1) is 5.10 Å². The number of rotatable bonds is 6. The number of piperidine rings is 1. The van der Waals surface area contributed by atoms with Crippen molar-refractivity contribution in [3.05, 3.63) is 35.0 Å². The fraction of sp³-hybridized carbons (Fsp3) is 0.500. The Balaban J connectivity index is 1.57. The van der Waals surface area contributed by atoms with Gasteiger partial charge in [0.15, 0.2) is 6.61 Å². The average molecular weight is 335 g/mol. The summed E-state index contributed by atoms with van der Waals surface area (Å²) in [6.45, 7) is 3.12. The largest absolute Gasteiger partial charge is 0.497 e. The SMILES string of the molecule is COc1ccc(OCc2nn(CN3CCCCC3)c(=S)o2)cc1. The lowest BCUT2D eigenvalue weighted by molar-refractivity contribution is 0.170. The van der Waals surface area contributed by atoms with Crippen LogP contribution in [0.15, 0.2) is 28.7 Å². The van der Waals surface area contributed by atoms with Crippen LogP contribution in [0.3, 0.4) is 0 Å². The topological polar surface area (TPSA) is 52.7 Å². The van der Waals surface area contributed by atoms with E-state index in [4.69, 9.17) is 26.1 Å². The van der Waals surface area contributed by atoms with Crippen LogP contribution in [0.2, 0.25) is 0 Å². The van der Waals surface area contributed by atoms with Crippen molar-refractivity contribution >= 4 is 12.2 Å². The van der Waals surface area contributed by atoms with E-state index in [1.54, 1.807) is 11.8 Å². The monoisotopic (exact) mass is 335 g/mol. The fourth-order valence-electron chi connectivity index (χ4n) is 2.60. The molecule has 0 atom stereocenters. The lowest BCUT2D eigenvalue weighted by Crippen LogP contribution is -2.32. The third-order valence-electron chi connectivity index (χ3n) is 3.85. The van der Waals surface area contributed by atoms with Gasteiger partial charge in [0, 0.05) is 0 Å². The summed E-state index contributed by atoms with van der Waals surface area (Å²) in [5.74, 6) is 2.01. The Hall–Kier alpha value is -1.86. The number of benzene rings is 1. The lowest BCUT2D eigenvalue weighted by Gasteiger charge is -2.25. The molecule has 124 valence electrons. The molecule has 2 aromatic rings. The molecule has 0 spiro atoms. The zero-order valence-electron chi connectivity index (χ0n) is 13.2. The van der Waals surface area contributed by atoms with Gasteiger partial charge in [-0.2, -0.15) is 0 Å². The first-order chi connectivity index (χ1) is 11.2. The first kappa shape index (κ1) is 16.0. The molecule has 0 unspecified atom stereocenters. The van der Waals surface area contributed by atoms with Crippen molar-refractivity contribution in [1.82, 2.24) is 14.7 Å². The van der Waals surface area contributed by atoms with E-state index in [2.05, 4.69) is 10.00 Å². The van der Waals surface area contributed by atoms with Crippen molar-refractivity contribution in [2.24, 2.45) is 0 Å². The molecule has 23 heavy (non-hydrogen) atoms. The van der Waals surface area contributed by atoms with E-state index >= 15 is 0 Å². The van der Waals surface area contributed by atoms with Gasteiger partial charge in [-0.05, 0) is 62.4 Å². The fourth-order valence-corrected chi connectivity index (χ4v) is 2.80. The van der Waals surface area contributed by atoms with Crippen LogP contribution in [0.1, 0.15) is 25.2 Å². The summed E-state index contributed by atoms with van der Waals surface area (Å²) >= 11 is 5.24. The maximum atomic E-state index is 5.66. The van der Waals surface area contributed by atoms with Crippen molar-refractivity contribution in [2.75, 3.05) is 20.2 Å². The van der Waals surface area contributed by atoms with E-state index in [1.807, 2.05) is 24.3 Å². The molecular formula is C16H21N3O3S. The molecule has 0 N–H and O–H groups in total. The minimum Gasteiger partial charge on any atom is -0.497 e.